The van der Waals surface area contributed by atoms with Crippen LogP contribution in [0.4, 0.5) is 0 Å². The third-order valence-electron chi connectivity index (χ3n) is 6.95. The summed E-state index contributed by atoms with van der Waals surface area (Å²) in [5, 5.41) is 43.6. The van der Waals surface area contributed by atoms with E-state index in [1.165, 1.54) is 0 Å². The van der Waals surface area contributed by atoms with Crippen LogP contribution in [-0.2, 0) is 9.63 Å². The molecular weight excluding hydrogens is 350 g/mol. The average molecular weight is 375 g/mol. The van der Waals surface area contributed by atoms with E-state index in [1.54, 1.807) is 12.1 Å². The van der Waals surface area contributed by atoms with Crippen LogP contribution in [0.15, 0.2) is 23.4 Å². The third-order valence-corrected chi connectivity index (χ3v) is 6.95. The molecule has 0 aromatic heterocycles. The van der Waals surface area contributed by atoms with Crippen molar-refractivity contribution in [1.82, 2.24) is 0 Å². The summed E-state index contributed by atoms with van der Waals surface area (Å²) in [6.07, 6.45) is 1.40. The van der Waals surface area contributed by atoms with E-state index < -0.39 is 24.8 Å². The lowest BCUT2D eigenvalue weighted by Crippen LogP contribution is -2.45. The first-order chi connectivity index (χ1) is 12.8. The van der Waals surface area contributed by atoms with Gasteiger partial charge in [0.25, 0.3) is 0 Å². The highest BCUT2D eigenvalue weighted by Crippen LogP contribution is 2.61. The summed E-state index contributed by atoms with van der Waals surface area (Å²) in [5.41, 5.74) is 2.15. The topological polar surface area (TPSA) is 120 Å². The first kappa shape index (κ1) is 18.3. The largest absolute Gasteiger partial charge is 0.508 e. The zero-order valence-electron chi connectivity index (χ0n) is 15.2. The van der Waals surface area contributed by atoms with Gasteiger partial charge >= 0.3 is 5.97 Å². The van der Waals surface area contributed by atoms with E-state index in [0.717, 1.165) is 24.0 Å². The normalized spacial score (nSPS) is 38.8. The van der Waals surface area contributed by atoms with Gasteiger partial charge in [0.05, 0.1) is 17.9 Å². The van der Waals surface area contributed by atoms with E-state index >= 15 is 0 Å². The van der Waals surface area contributed by atoms with Gasteiger partial charge in [-0.2, -0.15) is 0 Å². The first-order valence-corrected chi connectivity index (χ1v) is 9.41. The Kier molecular flexibility index (Phi) is 4.39. The van der Waals surface area contributed by atoms with Crippen LogP contribution in [0.25, 0.3) is 0 Å². The third kappa shape index (κ3) is 2.89. The van der Waals surface area contributed by atoms with Crippen LogP contribution in [0.3, 0.4) is 0 Å². The molecule has 1 aromatic rings. The predicted octanol–water partition coefficient (Wildman–Crippen LogP) is 1.84. The van der Waals surface area contributed by atoms with E-state index in [2.05, 4.69) is 12.1 Å². The summed E-state index contributed by atoms with van der Waals surface area (Å²) in [7, 11) is 0. The highest BCUT2D eigenvalue weighted by atomic mass is 16.6. The maximum atomic E-state index is 10.7. The van der Waals surface area contributed by atoms with Gasteiger partial charge in [-0.3, -0.25) is 0 Å². The summed E-state index contributed by atoms with van der Waals surface area (Å²) in [6, 6.07) is 5.21. The van der Waals surface area contributed by atoms with Crippen LogP contribution in [0.1, 0.15) is 49.7 Å². The van der Waals surface area contributed by atoms with Crippen molar-refractivity contribution in [3.8, 4) is 5.75 Å². The Morgan fingerprint density at radius 1 is 1.37 bits per heavy atom. The molecule has 0 aliphatic heterocycles. The first-order valence-electron chi connectivity index (χ1n) is 9.41. The number of hydrogen-bond donors (Lipinski definition) is 4. The maximum Gasteiger partial charge on any atom is 0.344 e. The van der Waals surface area contributed by atoms with Crippen LogP contribution < -0.4 is 0 Å². The number of nitrogens with zero attached hydrogens (tertiary/aromatic N) is 1. The van der Waals surface area contributed by atoms with Crippen LogP contribution in [0, 0.1) is 17.3 Å². The molecule has 1 aromatic carbocycles. The fraction of sp³-hybridized carbons (Fsp3) is 0.600. The molecule has 7 nitrogen and oxygen atoms in total. The Bertz CT molecular complexity index is 793. The minimum Gasteiger partial charge on any atom is -0.508 e. The molecule has 7 heteroatoms. The van der Waals surface area contributed by atoms with Crippen LogP contribution >= 0.6 is 0 Å². The van der Waals surface area contributed by atoms with Gasteiger partial charge in [0, 0.05) is 5.56 Å². The summed E-state index contributed by atoms with van der Waals surface area (Å²) in [5.74, 6) is -0.385. The zero-order chi connectivity index (χ0) is 19.3. The number of oxime groups is 1. The summed E-state index contributed by atoms with van der Waals surface area (Å²) in [6.45, 7) is 1.53. The van der Waals surface area contributed by atoms with E-state index in [1.807, 2.05) is 6.07 Å². The number of rotatable bonds is 3. The van der Waals surface area contributed by atoms with Gasteiger partial charge in [-0.05, 0) is 66.5 Å². The van der Waals surface area contributed by atoms with Crippen LogP contribution in [-0.4, -0.2) is 50.9 Å². The number of carbonyl (C=O) groups is 1. The maximum absolute atomic E-state index is 10.7. The number of carboxylic acids is 1. The van der Waals surface area contributed by atoms with Crippen molar-refractivity contribution in [2.45, 2.75) is 50.7 Å². The Balaban J connectivity index is 1.73. The summed E-state index contributed by atoms with van der Waals surface area (Å²) >= 11 is 0. The van der Waals surface area contributed by atoms with Gasteiger partial charge in [-0.25, -0.2) is 4.79 Å². The molecule has 6 atom stereocenters. The van der Waals surface area contributed by atoms with Gasteiger partial charge in [0.1, 0.15) is 5.75 Å². The number of aromatic hydroxyl groups is 1. The molecule has 0 bridgehead atoms. The number of fused-ring (bicyclic) bond motifs is 5. The van der Waals surface area contributed by atoms with Crippen molar-refractivity contribution < 1.29 is 30.1 Å². The van der Waals surface area contributed by atoms with Crippen LogP contribution in [0.2, 0.25) is 0 Å². The molecule has 146 valence electrons. The molecule has 0 unspecified atom stereocenters. The second-order valence-electron chi connectivity index (χ2n) is 8.35. The van der Waals surface area contributed by atoms with Gasteiger partial charge < -0.3 is 25.3 Å². The number of aliphatic carboxylic acids is 1. The van der Waals surface area contributed by atoms with E-state index in [0.29, 0.717) is 18.6 Å². The van der Waals surface area contributed by atoms with E-state index in [4.69, 9.17) is 9.94 Å². The molecule has 0 saturated heterocycles. The minimum absolute atomic E-state index is 0.130. The molecule has 2 saturated carbocycles. The van der Waals surface area contributed by atoms with Crippen molar-refractivity contribution in [3.05, 3.63) is 29.3 Å². The Morgan fingerprint density at radius 2 is 2.15 bits per heavy atom. The Hall–Kier alpha value is -2.12. The molecule has 0 radical (unpaired) electrons. The van der Waals surface area contributed by atoms with E-state index in [-0.39, 0.29) is 28.9 Å². The van der Waals surface area contributed by atoms with Gasteiger partial charge in [0.2, 0.25) is 6.61 Å². The molecular formula is C20H25NO6. The number of aliphatic hydroxyl groups is 2. The minimum atomic E-state index is -1.10. The molecule has 0 heterocycles. The molecule has 3 aliphatic rings. The monoisotopic (exact) mass is 375 g/mol. The van der Waals surface area contributed by atoms with Crippen LogP contribution in [0.5, 0.6) is 5.75 Å². The molecule has 0 amide bonds. The van der Waals surface area contributed by atoms with Gasteiger partial charge in [-0.1, -0.05) is 18.1 Å². The predicted molar refractivity (Wildman–Crippen MR) is 96.5 cm³/mol. The lowest BCUT2D eigenvalue weighted by atomic mass is 9.55. The fourth-order valence-corrected chi connectivity index (χ4v) is 5.65. The molecule has 4 N–H and O–H groups in total. The standard InChI is InChI=1S/C20H25NO6/c1-20-5-4-12-11-3-2-10(22)6-14(11)16(21-27-9-18(24)25)7-13(12)15(20)8-17(23)19(20)26/h2-3,6,12-13,15,17,19,22-23,26H,4-5,7-9H2,1H3,(H,24,25)/b21-16+/t12-,13+,15-,17-,19+,20+/m1/s1. The van der Waals surface area contributed by atoms with Crippen molar-refractivity contribution in [1.29, 1.82) is 0 Å². The molecule has 27 heavy (non-hydrogen) atoms. The van der Waals surface area contributed by atoms with Crippen molar-refractivity contribution in [2.24, 2.45) is 22.4 Å². The zero-order valence-corrected chi connectivity index (χ0v) is 15.2. The number of phenolic OH excluding ortho intramolecular Hbond substituents is 1. The highest BCUT2D eigenvalue weighted by Gasteiger charge is 2.58. The second-order valence-corrected chi connectivity index (χ2v) is 8.35. The Labute approximate surface area is 157 Å². The molecule has 3 aliphatic carbocycles. The number of phenols is 1. The van der Waals surface area contributed by atoms with Crippen molar-refractivity contribution >= 4 is 11.7 Å². The second kappa shape index (κ2) is 6.49. The highest BCUT2D eigenvalue weighted by molar-refractivity contribution is 6.03. The smallest absolute Gasteiger partial charge is 0.344 e. The quantitative estimate of drug-likeness (QED) is 0.599. The number of aliphatic hydroxyl groups excluding tert-OH is 2. The number of hydrogen-bond acceptors (Lipinski definition) is 6. The number of benzene rings is 1. The lowest BCUT2D eigenvalue weighted by Gasteiger charge is -2.49. The molecule has 0 spiro atoms. The molecule has 4 rings (SSSR count). The molecule has 2 fully saturated rings. The fourth-order valence-electron chi connectivity index (χ4n) is 5.65. The number of carboxylic acid groups (broad SMARTS) is 1. The lowest BCUT2D eigenvalue weighted by molar-refractivity contribution is -0.142. The van der Waals surface area contributed by atoms with Gasteiger partial charge in [0.15, 0.2) is 0 Å². The Morgan fingerprint density at radius 3 is 2.89 bits per heavy atom. The van der Waals surface area contributed by atoms with E-state index in [9.17, 15) is 20.1 Å². The van der Waals surface area contributed by atoms with Crippen molar-refractivity contribution in [3.63, 3.8) is 0 Å². The van der Waals surface area contributed by atoms with Crippen molar-refractivity contribution in [2.75, 3.05) is 6.61 Å². The summed E-state index contributed by atoms with van der Waals surface area (Å²) < 4.78 is 0. The average Bonchev–Trinajstić information content (AvgIpc) is 2.85. The summed E-state index contributed by atoms with van der Waals surface area (Å²) in [4.78, 5) is 15.7. The SMILES string of the molecule is C[C@]12CC[C@@H]3c4ccc(O)cc4/C(=N/OCC(=O)O)C[C@@H]3[C@H]1C[C@@H](O)[C@@H]2O. The van der Waals surface area contributed by atoms with Gasteiger partial charge in [-0.15, -0.1) is 0 Å².